The zero-order chi connectivity index (χ0) is 24.2. The maximum atomic E-state index is 12.7. The molecule has 0 atom stereocenters. The van der Waals surface area contributed by atoms with Gasteiger partial charge in [-0.25, -0.2) is 8.42 Å². The molecule has 3 rings (SSSR count). The van der Waals surface area contributed by atoms with E-state index in [1.54, 1.807) is 49.6 Å². The molecule has 0 spiro atoms. The van der Waals surface area contributed by atoms with Crippen molar-refractivity contribution in [3.63, 3.8) is 0 Å². The highest BCUT2D eigenvalue weighted by molar-refractivity contribution is 7.92. The lowest BCUT2D eigenvalue weighted by Gasteiger charge is -2.12. The molecular weight excluding hydrogens is 457 g/mol. The van der Waals surface area contributed by atoms with Crippen LogP contribution in [0.5, 0.6) is 5.75 Å². The molecule has 0 aliphatic rings. The number of amides is 1. The Morgan fingerprint density at radius 1 is 0.939 bits per heavy atom. The van der Waals surface area contributed by atoms with Crippen LogP contribution in [0, 0.1) is 13.8 Å². The van der Waals surface area contributed by atoms with Crippen LogP contribution in [0.25, 0.3) is 0 Å². The molecule has 0 saturated carbocycles. The number of benzene rings is 3. The highest BCUT2D eigenvalue weighted by atomic mass is 32.2. The summed E-state index contributed by atoms with van der Waals surface area (Å²) in [6, 6.07) is 16.5. The standard InChI is InChI=1S/C23H24BN3O4S2/c1-14-4-6-18(12-15(14)2)27-33(29,30)19-9-7-17(8-10-19)25-23(32)26-22(28)16-5-11-21(31-3)20(24)13-16/h4-13,27H,24H2,1-3H3,(H2,25,26,28,32). The van der Waals surface area contributed by atoms with Crippen LogP contribution in [0.15, 0.2) is 65.6 Å². The molecule has 0 aromatic heterocycles. The maximum Gasteiger partial charge on any atom is 0.261 e. The van der Waals surface area contributed by atoms with Gasteiger partial charge in [0, 0.05) is 16.9 Å². The van der Waals surface area contributed by atoms with Crippen molar-refractivity contribution in [3.05, 3.63) is 77.4 Å². The Morgan fingerprint density at radius 3 is 2.21 bits per heavy atom. The lowest BCUT2D eigenvalue weighted by atomic mass is 9.93. The van der Waals surface area contributed by atoms with E-state index in [0.717, 1.165) is 16.6 Å². The van der Waals surface area contributed by atoms with E-state index >= 15 is 0 Å². The first-order valence-electron chi connectivity index (χ1n) is 10.1. The molecule has 3 N–H and O–H groups in total. The molecule has 0 aliphatic carbocycles. The summed E-state index contributed by atoms with van der Waals surface area (Å²) >= 11 is 5.21. The summed E-state index contributed by atoms with van der Waals surface area (Å²) in [4.78, 5) is 12.5. The Balaban J connectivity index is 1.63. The van der Waals surface area contributed by atoms with Gasteiger partial charge < -0.3 is 10.1 Å². The minimum atomic E-state index is -3.74. The number of sulfonamides is 1. The van der Waals surface area contributed by atoms with E-state index in [1.807, 2.05) is 27.8 Å². The molecule has 0 bridgehead atoms. The van der Waals surface area contributed by atoms with Crippen LogP contribution in [0.2, 0.25) is 0 Å². The maximum absolute atomic E-state index is 12.7. The number of carbonyl (C=O) groups excluding carboxylic acids is 1. The number of carbonyl (C=O) groups is 1. The third-order valence-corrected chi connectivity index (χ3v) is 6.67. The van der Waals surface area contributed by atoms with Crippen molar-refractivity contribution >= 4 is 57.9 Å². The van der Waals surface area contributed by atoms with Crippen LogP contribution < -0.4 is 25.6 Å². The van der Waals surface area contributed by atoms with E-state index in [9.17, 15) is 13.2 Å². The normalized spacial score (nSPS) is 10.9. The van der Waals surface area contributed by atoms with Crippen molar-refractivity contribution in [2.24, 2.45) is 0 Å². The molecule has 170 valence electrons. The van der Waals surface area contributed by atoms with Gasteiger partial charge in [0.25, 0.3) is 15.9 Å². The highest BCUT2D eigenvalue weighted by Gasteiger charge is 2.15. The third-order valence-electron chi connectivity index (χ3n) is 5.07. The van der Waals surface area contributed by atoms with Crippen LogP contribution in [0.3, 0.4) is 0 Å². The minimum Gasteiger partial charge on any atom is -0.497 e. The minimum absolute atomic E-state index is 0.0948. The predicted octanol–water partition coefficient (Wildman–Crippen LogP) is 2.50. The lowest BCUT2D eigenvalue weighted by molar-refractivity contribution is 0.0978. The van der Waals surface area contributed by atoms with Crippen molar-refractivity contribution in [2.75, 3.05) is 17.1 Å². The van der Waals surface area contributed by atoms with Gasteiger partial charge in [0.1, 0.15) is 13.6 Å². The number of aryl methyl sites for hydroxylation is 2. The smallest absolute Gasteiger partial charge is 0.261 e. The van der Waals surface area contributed by atoms with Gasteiger partial charge in [-0.05, 0) is 91.2 Å². The lowest BCUT2D eigenvalue weighted by Crippen LogP contribution is -2.34. The van der Waals surface area contributed by atoms with E-state index in [0.29, 0.717) is 22.7 Å². The largest absolute Gasteiger partial charge is 0.497 e. The van der Waals surface area contributed by atoms with Gasteiger partial charge in [-0.1, -0.05) is 12.1 Å². The highest BCUT2D eigenvalue weighted by Crippen LogP contribution is 2.20. The number of methoxy groups -OCH3 is 1. The van der Waals surface area contributed by atoms with Crippen LogP contribution in [0.4, 0.5) is 11.4 Å². The van der Waals surface area contributed by atoms with Crippen LogP contribution in [-0.2, 0) is 10.0 Å². The first-order chi connectivity index (χ1) is 15.6. The Labute approximate surface area is 200 Å². The number of hydrogen-bond acceptors (Lipinski definition) is 5. The predicted molar refractivity (Wildman–Crippen MR) is 138 cm³/mol. The van der Waals surface area contributed by atoms with Crippen molar-refractivity contribution in [1.29, 1.82) is 0 Å². The number of nitrogens with one attached hydrogen (secondary N) is 3. The molecule has 3 aromatic carbocycles. The molecule has 0 radical (unpaired) electrons. The SMILES string of the molecule is Bc1cc(C(=O)NC(=S)Nc2ccc(S(=O)(=O)Nc3ccc(C)c(C)c3)cc2)ccc1OC. The van der Waals surface area contributed by atoms with E-state index in [-0.39, 0.29) is 15.9 Å². The second-order valence-corrected chi connectivity index (χ2v) is 9.61. The monoisotopic (exact) mass is 481 g/mol. The zero-order valence-corrected chi connectivity index (χ0v) is 20.4. The molecule has 0 saturated heterocycles. The first kappa shape index (κ1) is 24.3. The van der Waals surface area contributed by atoms with Gasteiger partial charge in [-0.2, -0.15) is 0 Å². The average Bonchev–Trinajstić information content (AvgIpc) is 2.76. The van der Waals surface area contributed by atoms with Gasteiger partial charge in [0.05, 0.1) is 12.0 Å². The average molecular weight is 481 g/mol. The Hall–Kier alpha value is -3.37. The van der Waals surface area contributed by atoms with Crippen molar-refractivity contribution in [1.82, 2.24) is 5.32 Å². The topological polar surface area (TPSA) is 96.5 Å². The molecule has 0 unspecified atom stereocenters. The quantitative estimate of drug-likeness (QED) is 0.370. The van der Waals surface area contributed by atoms with Gasteiger partial charge in [-0.3, -0.25) is 14.8 Å². The summed E-state index contributed by atoms with van der Waals surface area (Å²) in [7, 11) is -0.333. The van der Waals surface area contributed by atoms with Gasteiger partial charge in [-0.15, -0.1) is 0 Å². The van der Waals surface area contributed by atoms with Crippen molar-refractivity contribution < 1.29 is 17.9 Å². The summed E-state index contributed by atoms with van der Waals surface area (Å²) in [5.74, 6) is 0.323. The number of thiocarbonyl (C=S) groups is 1. The second-order valence-electron chi connectivity index (χ2n) is 7.52. The molecule has 0 aliphatic heterocycles. The Kier molecular flexibility index (Phi) is 7.40. The fourth-order valence-corrected chi connectivity index (χ4v) is 4.35. The van der Waals surface area contributed by atoms with Crippen LogP contribution in [0.1, 0.15) is 21.5 Å². The van der Waals surface area contributed by atoms with Crippen molar-refractivity contribution in [3.8, 4) is 5.75 Å². The number of rotatable bonds is 6. The van der Waals surface area contributed by atoms with Crippen LogP contribution >= 0.6 is 12.2 Å². The van der Waals surface area contributed by atoms with E-state index < -0.39 is 10.0 Å². The second kappa shape index (κ2) is 10.1. The summed E-state index contributed by atoms with van der Waals surface area (Å²) in [5, 5.41) is 5.58. The summed E-state index contributed by atoms with van der Waals surface area (Å²) in [6.45, 7) is 3.88. The Morgan fingerprint density at radius 2 is 1.61 bits per heavy atom. The molecule has 3 aromatic rings. The first-order valence-corrected chi connectivity index (χ1v) is 12.0. The number of hydrogen-bond donors (Lipinski definition) is 3. The molecule has 33 heavy (non-hydrogen) atoms. The molecule has 0 heterocycles. The molecule has 10 heteroatoms. The van der Waals surface area contributed by atoms with Gasteiger partial charge in [0.2, 0.25) is 0 Å². The molecule has 7 nitrogen and oxygen atoms in total. The molecule has 0 fully saturated rings. The zero-order valence-electron chi connectivity index (χ0n) is 18.7. The van der Waals surface area contributed by atoms with Gasteiger partial charge in [0.15, 0.2) is 5.11 Å². The fourth-order valence-electron chi connectivity index (χ4n) is 3.09. The van der Waals surface area contributed by atoms with E-state index in [2.05, 4.69) is 15.4 Å². The van der Waals surface area contributed by atoms with Crippen LogP contribution in [-0.4, -0.2) is 34.4 Å². The number of anilines is 2. The van der Waals surface area contributed by atoms with E-state index in [4.69, 9.17) is 17.0 Å². The summed E-state index contributed by atoms with van der Waals surface area (Å²) in [5.41, 5.74) is 4.38. The number of ether oxygens (including phenoxy) is 1. The van der Waals surface area contributed by atoms with Crippen molar-refractivity contribution in [2.45, 2.75) is 18.7 Å². The third kappa shape index (κ3) is 6.12. The molecule has 1 amide bonds. The summed E-state index contributed by atoms with van der Waals surface area (Å²) < 4.78 is 33.1. The van der Waals surface area contributed by atoms with Gasteiger partial charge >= 0.3 is 0 Å². The molecular formula is C23H24BN3O4S2. The fraction of sp³-hybridized carbons (Fsp3) is 0.130. The summed E-state index contributed by atoms with van der Waals surface area (Å²) in [6.07, 6.45) is 0. The Bertz CT molecular complexity index is 1310. The van der Waals surface area contributed by atoms with E-state index in [1.165, 1.54) is 12.1 Å².